The summed E-state index contributed by atoms with van der Waals surface area (Å²) in [6, 6.07) is -0.646. The van der Waals surface area contributed by atoms with Crippen LogP contribution in [-0.4, -0.2) is 44.5 Å². The van der Waals surface area contributed by atoms with E-state index in [1.807, 2.05) is 0 Å². The number of esters is 1. The van der Waals surface area contributed by atoms with Gasteiger partial charge < -0.3 is 19.5 Å². The van der Waals surface area contributed by atoms with Gasteiger partial charge in [-0.15, -0.1) is 0 Å². The fourth-order valence-corrected chi connectivity index (χ4v) is 2.74. The van der Waals surface area contributed by atoms with Crippen molar-refractivity contribution in [2.45, 2.75) is 44.8 Å². The van der Waals surface area contributed by atoms with E-state index in [2.05, 4.69) is 10.1 Å². The molecule has 0 aromatic heterocycles. The number of methoxy groups -OCH3 is 1. The highest BCUT2D eigenvalue weighted by atomic mass is 16.5. The van der Waals surface area contributed by atoms with E-state index < -0.39 is 12.1 Å². The predicted octanol–water partition coefficient (Wildman–Crippen LogP) is 1.48. The van der Waals surface area contributed by atoms with Gasteiger partial charge in [-0.2, -0.15) is 0 Å². The Labute approximate surface area is 119 Å². The quantitative estimate of drug-likeness (QED) is 0.774. The van der Waals surface area contributed by atoms with Crippen LogP contribution in [0.5, 0.6) is 0 Å². The van der Waals surface area contributed by atoms with Crippen LogP contribution in [0.2, 0.25) is 0 Å². The number of carbonyl (C=O) groups is 2. The Morgan fingerprint density at radius 3 is 2.70 bits per heavy atom. The molecule has 0 aromatic rings. The first-order chi connectivity index (χ1) is 9.65. The Bertz CT molecular complexity index is 355. The molecule has 0 aromatic carbocycles. The van der Waals surface area contributed by atoms with E-state index in [9.17, 15) is 9.59 Å². The zero-order chi connectivity index (χ0) is 14.5. The Kier molecular flexibility index (Phi) is 5.23. The summed E-state index contributed by atoms with van der Waals surface area (Å²) < 4.78 is 15.4. The highest BCUT2D eigenvalue weighted by molar-refractivity contribution is 5.81. The topological polar surface area (TPSA) is 73.9 Å². The van der Waals surface area contributed by atoms with Gasteiger partial charge in [-0.3, -0.25) is 0 Å². The number of nitrogens with one attached hydrogen (secondary N) is 1. The molecule has 1 heterocycles. The second kappa shape index (κ2) is 6.92. The fourth-order valence-electron chi connectivity index (χ4n) is 2.74. The number of carbonyl (C=O) groups excluding carboxylic acids is 2. The highest BCUT2D eigenvalue weighted by Gasteiger charge is 2.40. The number of hydrogen-bond donors (Lipinski definition) is 1. The molecule has 6 nitrogen and oxygen atoms in total. The lowest BCUT2D eigenvalue weighted by Crippen LogP contribution is -2.49. The van der Waals surface area contributed by atoms with E-state index in [-0.39, 0.29) is 18.0 Å². The lowest BCUT2D eigenvalue weighted by atomic mass is 9.87. The molecule has 3 atom stereocenters. The maximum absolute atomic E-state index is 12.1. The normalized spacial score (nSPS) is 27.5. The predicted molar refractivity (Wildman–Crippen MR) is 71.1 cm³/mol. The van der Waals surface area contributed by atoms with Gasteiger partial charge in [-0.1, -0.05) is 0 Å². The lowest BCUT2D eigenvalue weighted by molar-refractivity contribution is -0.148. The van der Waals surface area contributed by atoms with Gasteiger partial charge in [0.05, 0.1) is 19.8 Å². The first kappa shape index (κ1) is 15.1. The van der Waals surface area contributed by atoms with Gasteiger partial charge in [0.1, 0.15) is 6.04 Å². The Morgan fingerprint density at radius 2 is 2.10 bits per heavy atom. The number of ether oxygens (including phenoxy) is 3. The second-order valence-corrected chi connectivity index (χ2v) is 5.40. The third kappa shape index (κ3) is 3.85. The van der Waals surface area contributed by atoms with Crippen molar-refractivity contribution in [3.63, 3.8) is 0 Å². The molecule has 1 aliphatic carbocycles. The second-order valence-electron chi connectivity index (χ2n) is 5.40. The zero-order valence-corrected chi connectivity index (χ0v) is 12.1. The summed E-state index contributed by atoms with van der Waals surface area (Å²) in [5, 5.41) is 2.61. The summed E-state index contributed by atoms with van der Waals surface area (Å²) in [6.07, 6.45) is 3.55. The molecule has 1 N–H and O–H groups in total. The van der Waals surface area contributed by atoms with Crippen LogP contribution < -0.4 is 5.32 Å². The van der Waals surface area contributed by atoms with Gasteiger partial charge in [0.25, 0.3) is 0 Å². The summed E-state index contributed by atoms with van der Waals surface area (Å²) in [4.78, 5) is 23.5. The number of amides is 1. The largest absolute Gasteiger partial charge is 0.464 e. The van der Waals surface area contributed by atoms with Crippen LogP contribution in [0.4, 0.5) is 4.79 Å². The van der Waals surface area contributed by atoms with Crippen molar-refractivity contribution in [2.75, 3.05) is 20.3 Å². The zero-order valence-electron chi connectivity index (χ0n) is 12.1. The number of alkyl carbamates (subject to hydrolysis) is 1. The van der Waals surface area contributed by atoms with E-state index in [0.29, 0.717) is 19.1 Å². The number of rotatable bonds is 5. The minimum absolute atomic E-state index is 0.0486. The van der Waals surface area contributed by atoms with Gasteiger partial charge in [-0.05, 0) is 44.4 Å². The Balaban J connectivity index is 1.99. The van der Waals surface area contributed by atoms with Crippen molar-refractivity contribution in [2.24, 2.45) is 11.8 Å². The Hall–Kier alpha value is -1.30. The summed E-state index contributed by atoms with van der Waals surface area (Å²) in [5.74, 6) is 0.283. The van der Waals surface area contributed by atoms with Crippen LogP contribution in [0, 0.1) is 11.8 Å². The molecule has 2 rings (SSSR count). The van der Waals surface area contributed by atoms with Crippen LogP contribution >= 0.6 is 0 Å². The van der Waals surface area contributed by atoms with Crippen LogP contribution in [0.3, 0.4) is 0 Å². The van der Waals surface area contributed by atoms with E-state index in [1.165, 1.54) is 20.0 Å². The van der Waals surface area contributed by atoms with Gasteiger partial charge in [0, 0.05) is 6.61 Å². The van der Waals surface area contributed by atoms with Crippen molar-refractivity contribution in [1.82, 2.24) is 5.32 Å². The molecule has 1 amide bonds. The van der Waals surface area contributed by atoms with Crippen LogP contribution in [0.25, 0.3) is 0 Å². The van der Waals surface area contributed by atoms with E-state index >= 15 is 0 Å². The summed E-state index contributed by atoms with van der Waals surface area (Å²) in [6.45, 7) is 2.68. The van der Waals surface area contributed by atoms with E-state index in [1.54, 1.807) is 6.92 Å². The summed E-state index contributed by atoms with van der Waals surface area (Å²) >= 11 is 0. The fraction of sp³-hybridized carbons (Fsp3) is 0.857. The average Bonchev–Trinajstić information content (AvgIpc) is 3.29. The van der Waals surface area contributed by atoms with Crippen molar-refractivity contribution in [3.05, 3.63) is 0 Å². The van der Waals surface area contributed by atoms with E-state index in [4.69, 9.17) is 9.47 Å². The molecule has 114 valence electrons. The molecule has 0 radical (unpaired) electrons. The standard InChI is InChI=1S/C14H23NO5/c1-3-19-13(16)12(15-14(17)18-2)10-6-7-20-11(8-10)9-4-5-9/h9-12H,3-8H2,1-2H3,(H,15,17)/t10-,11-,12+/m1/s1. The van der Waals surface area contributed by atoms with Gasteiger partial charge in [-0.25, -0.2) is 9.59 Å². The average molecular weight is 285 g/mol. The molecule has 1 saturated carbocycles. The minimum Gasteiger partial charge on any atom is -0.464 e. The molecule has 20 heavy (non-hydrogen) atoms. The van der Waals surface area contributed by atoms with Crippen LogP contribution in [0.1, 0.15) is 32.6 Å². The minimum atomic E-state index is -0.646. The van der Waals surface area contributed by atoms with Crippen molar-refractivity contribution >= 4 is 12.1 Å². The first-order valence-corrected chi connectivity index (χ1v) is 7.28. The third-order valence-corrected chi connectivity index (χ3v) is 3.97. The van der Waals surface area contributed by atoms with Crippen molar-refractivity contribution < 1.29 is 23.8 Å². The molecule has 1 aliphatic heterocycles. The monoisotopic (exact) mass is 285 g/mol. The molecule has 2 aliphatic rings. The van der Waals surface area contributed by atoms with Crippen molar-refractivity contribution in [3.8, 4) is 0 Å². The molecule has 1 saturated heterocycles. The molecule has 0 bridgehead atoms. The van der Waals surface area contributed by atoms with Gasteiger partial charge in [0.2, 0.25) is 0 Å². The van der Waals surface area contributed by atoms with Crippen LogP contribution in [0.15, 0.2) is 0 Å². The first-order valence-electron chi connectivity index (χ1n) is 7.28. The van der Waals surface area contributed by atoms with Gasteiger partial charge in [0.15, 0.2) is 0 Å². The summed E-state index contributed by atoms with van der Waals surface area (Å²) in [7, 11) is 1.29. The number of hydrogen-bond acceptors (Lipinski definition) is 5. The smallest absolute Gasteiger partial charge is 0.407 e. The SMILES string of the molecule is CCOC(=O)[C@@H](NC(=O)OC)[C@@H]1CCO[C@@H](C2CC2)C1. The Morgan fingerprint density at radius 1 is 1.35 bits per heavy atom. The van der Waals surface area contributed by atoms with E-state index in [0.717, 1.165) is 12.8 Å². The third-order valence-electron chi connectivity index (χ3n) is 3.97. The maximum Gasteiger partial charge on any atom is 0.407 e. The highest BCUT2D eigenvalue weighted by Crippen LogP contribution is 2.40. The maximum atomic E-state index is 12.1. The van der Waals surface area contributed by atoms with Crippen LogP contribution in [-0.2, 0) is 19.0 Å². The molecule has 0 spiro atoms. The van der Waals surface area contributed by atoms with Crippen molar-refractivity contribution in [1.29, 1.82) is 0 Å². The molecule has 0 unspecified atom stereocenters. The van der Waals surface area contributed by atoms with Gasteiger partial charge >= 0.3 is 12.1 Å². The molecule has 2 fully saturated rings. The molecular weight excluding hydrogens is 262 g/mol. The molecular formula is C14H23NO5. The summed E-state index contributed by atoms with van der Waals surface area (Å²) in [5.41, 5.74) is 0. The molecule has 6 heteroatoms. The lowest BCUT2D eigenvalue weighted by Gasteiger charge is -2.33.